The van der Waals surface area contributed by atoms with Crippen LogP contribution in [0, 0.1) is 0 Å². The number of carbonyl (C=O) groups is 1. The molecule has 0 saturated carbocycles. The van der Waals surface area contributed by atoms with Crippen molar-refractivity contribution < 1.29 is 4.79 Å². The van der Waals surface area contributed by atoms with Crippen molar-refractivity contribution in [2.75, 3.05) is 18.4 Å². The Labute approximate surface area is 151 Å². The summed E-state index contributed by atoms with van der Waals surface area (Å²) >= 11 is 0. The van der Waals surface area contributed by atoms with Crippen LogP contribution in [0.5, 0.6) is 0 Å². The molecule has 134 valence electrons. The highest BCUT2D eigenvalue weighted by atomic mass is 16.1. The molecule has 2 aromatic heterocycles. The summed E-state index contributed by atoms with van der Waals surface area (Å²) in [6.07, 6.45) is 7.29. The Balaban J connectivity index is 1.37. The van der Waals surface area contributed by atoms with Gasteiger partial charge < -0.3 is 10.6 Å². The molecule has 2 N–H and O–H groups in total. The molecule has 26 heavy (non-hydrogen) atoms. The third-order valence-corrected chi connectivity index (χ3v) is 4.51. The molecule has 1 saturated heterocycles. The first-order chi connectivity index (χ1) is 12.8. The number of nitrogens with zero attached hydrogens (tertiary/aromatic N) is 5. The number of hydrogen-bond donors (Lipinski definition) is 2. The molecule has 8 nitrogen and oxygen atoms in total. The van der Waals surface area contributed by atoms with Crippen LogP contribution in [0.25, 0.3) is 0 Å². The van der Waals surface area contributed by atoms with Crippen molar-refractivity contribution in [3.63, 3.8) is 0 Å². The van der Waals surface area contributed by atoms with Crippen LogP contribution >= 0.6 is 0 Å². The predicted molar refractivity (Wildman–Crippen MR) is 96.9 cm³/mol. The molecule has 3 heterocycles. The van der Waals surface area contributed by atoms with Crippen LogP contribution in [0.3, 0.4) is 0 Å². The smallest absolute Gasteiger partial charge is 0.276 e. The fraction of sp³-hybridized carbons (Fsp3) is 0.333. The number of piperidine rings is 1. The lowest BCUT2D eigenvalue weighted by molar-refractivity contribution is 0.102. The van der Waals surface area contributed by atoms with Crippen LogP contribution in [0.2, 0.25) is 0 Å². The minimum absolute atomic E-state index is 0.198. The number of benzene rings is 1. The SMILES string of the molecule is O=C(Nc1ccc(Cn2cncn2)cc1)c1ccn(C2CCCNC2)n1. The molecular weight excluding hydrogens is 330 g/mol. The Morgan fingerprint density at radius 2 is 2.15 bits per heavy atom. The van der Waals surface area contributed by atoms with E-state index < -0.39 is 0 Å². The summed E-state index contributed by atoms with van der Waals surface area (Å²) in [5.74, 6) is -0.198. The number of amides is 1. The van der Waals surface area contributed by atoms with Crippen molar-refractivity contribution in [3.8, 4) is 0 Å². The number of aromatic nitrogens is 5. The third-order valence-electron chi connectivity index (χ3n) is 4.51. The van der Waals surface area contributed by atoms with Gasteiger partial charge in [-0.1, -0.05) is 12.1 Å². The van der Waals surface area contributed by atoms with E-state index in [2.05, 4.69) is 25.8 Å². The highest BCUT2D eigenvalue weighted by Gasteiger charge is 2.17. The fourth-order valence-corrected chi connectivity index (χ4v) is 3.11. The van der Waals surface area contributed by atoms with Crippen LogP contribution in [-0.2, 0) is 6.54 Å². The van der Waals surface area contributed by atoms with Gasteiger partial charge in [-0.2, -0.15) is 10.2 Å². The standard InChI is InChI=1S/C18H21N7O/c26-18(17-7-9-25(23-17)16-2-1-8-19-10-16)22-15-5-3-14(4-6-15)11-24-13-20-12-21-24/h3-7,9,12-13,16,19H,1-2,8,10-11H2,(H,22,26). The van der Waals surface area contributed by atoms with Gasteiger partial charge in [-0.05, 0) is 43.1 Å². The molecule has 0 spiro atoms. The van der Waals surface area contributed by atoms with Gasteiger partial charge in [0.2, 0.25) is 0 Å². The minimum atomic E-state index is -0.198. The van der Waals surface area contributed by atoms with Crippen LogP contribution < -0.4 is 10.6 Å². The van der Waals surface area contributed by atoms with Gasteiger partial charge in [0.15, 0.2) is 5.69 Å². The summed E-state index contributed by atoms with van der Waals surface area (Å²) in [4.78, 5) is 16.4. The highest BCUT2D eigenvalue weighted by molar-refractivity contribution is 6.02. The average molecular weight is 351 g/mol. The van der Waals surface area contributed by atoms with Gasteiger partial charge >= 0.3 is 0 Å². The quantitative estimate of drug-likeness (QED) is 0.730. The van der Waals surface area contributed by atoms with E-state index in [-0.39, 0.29) is 5.91 Å². The van der Waals surface area contributed by atoms with E-state index in [1.807, 2.05) is 35.1 Å². The molecule has 0 radical (unpaired) electrons. The van der Waals surface area contributed by atoms with Crippen LogP contribution in [0.4, 0.5) is 5.69 Å². The first-order valence-corrected chi connectivity index (χ1v) is 8.76. The summed E-state index contributed by atoms with van der Waals surface area (Å²) in [5.41, 5.74) is 2.26. The first kappa shape index (κ1) is 16.5. The Morgan fingerprint density at radius 1 is 1.27 bits per heavy atom. The lowest BCUT2D eigenvalue weighted by atomic mass is 10.1. The number of hydrogen-bond acceptors (Lipinski definition) is 5. The lowest BCUT2D eigenvalue weighted by Gasteiger charge is -2.22. The second-order valence-corrected chi connectivity index (χ2v) is 6.43. The van der Waals surface area contributed by atoms with Crippen LogP contribution in [-0.4, -0.2) is 43.5 Å². The molecule has 3 aromatic rings. The van der Waals surface area contributed by atoms with Crippen molar-refractivity contribution in [1.29, 1.82) is 0 Å². The summed E-state index contributed by atoms with van der Waals surface area (Å²) in [6.45, 7) is 2.60. The van der Waals surface area contributed by atoms with E-state index in [4.69, 9.17) is 0 Å². The van der Waals surface area contributed by atoms with Crippen molar-refractivity contribution in [2.24, 2.45) is 0 Å². The van der Waals surface area contributed by atoms with E-state index in [0.29, 0.717) is 18.3 Å². The Morgan fingerprint density at radius 3 is 2.88 bits per heavy atom. The first-order valence-electron chi connectivity index (χ1n) is 8.76. The molecule has 0 bridgehead atoms. The predicted octanol–water partition coefficient (Wildman–Crippen LogP) is 1.70. The number of nitrogens with one attached hydrogen (secondary N) is 2. The summed E-state index contributed by atoms with van der Waals surface area (Å²) in [7, 11) is 0. The summed E-state index contributed by atoms with van der Waals surface area (Å²) in [5, 5.41) is 14.8. The van der Waals surface area contributed by atoms with Crippen molar-refractivity contribution in [3.05, 3.63) is 60.4 Å². The van der Waals surface area contributed by atoms with E-state index in [1.54, 1.807) is 17.1 Å². The molecule has 4 rings (SSSR count). The average Bonchev–Trinajstić information content (AvgIpc) is 3.36. The van der Waals surface area contributed by atoms with Crippen molar-refractivity contribution in [2.45, 2.75) is 25.4 Å². The largest absolute Gasteiger partial charge is 0.321 e. The summed E-state index contributed by atoms with van der Waals surface area (Å²) in [6, 6.07) is 9.77. The Kier molecular flexibility index (Phi) is 4.74. The van der Waals surface area contributed by atoms with Crippen molar-refractivity contribution >= 4 is 11.6 Å². The van der Waals surface area contributed by atoms with Gasteiger partial charge in [0.05, 0.1) is 12.6 Å². The minimum Gasteiger partial charge on any atom is -0.321 e. The van der Waals surface area contributed by atoms with E-state index in [9.17, 15) is 4.79 Å². The zero-order valence-corrected chi connectivity index (χ0v) is 14.4. The van der Waals surface area contributed by atoms with Crippen LogP contribution in [0.15, 0.2) is 49.2 Å². The van der Waals surface area contributed by atoms with Gasteiger partial charge in [-0.25, -0.2) is 9.67 Å². The normalized spacial score (nSPS) is 17.2. The van der Waals surface area contributed by atoms with Crippen LogP contribution in [0.1, 0.15) is 34.9 Å². The third kappa shape index (κ3) is 3.80. The molecule has 1 aliphatic heterocycles. The van der Waals surface area contributed by atoms with Gasteiger partial charge in [-0.3, -0.25) is 9.48 Å². The fourth-order valence-electron chi connectivity index (χ4n) is 3.11. The number of rotatable bonds is 5. The molecule has 1 aliphatic rings. The zero-order chi connectivity index (χ0) is 17.8. The van der Waals surface area contributed by atoms with Gasteiger partial charge in [-0.15, -0.1) is 0 Å². The summed E-state index contributed by atoms with van der Waals surface area (Å²) < 4.78 is 3.64. The highest BCUT2D eigenvalue weighted by Crippen LogP contribution is 2.16. The second-order valence-electron chi connectivity index (χ2n) is 6.43. The molecule has 1 aromatic carbocycles. The molecular formula is C18H21N7O. The second kappa shape index (κ2) is 7.49. The monoisotopic (exact) mass is 351 g/mol. The van der Waals surface area contributed by atoms with Gasteiger partial charge in [0, 0.05) is 18.4 Å². The molecule has 1 unspecified atom stereocenters. The topological polar surface area (TPSA) is 89.7 Å². The maximum atomic E-state index is 12.4. The molecule has 1 atom stereocenters. The number of anilines is 1. The maximum absolute atomic E-state index is 12.4. The van der Waals surface area contributed by atoms with E-state index in [1.165, 1.54) is 6.33 Å². The van der Waals surface area contributed by atoms with Gasteiger partial charge in [0.25, 0.3) is 5.91 Å². The lowest BCUT2D eigenvalue weighted by Crippen LogP contribution is -2.32. The van der Waals surface area contributed by atoms with E-state index >= 15 is 0 Å². The molecule has 1 fully saturated rings. The Hall–Kier alpha value is -3.00. The van der Waals surface area contributed by atoms with Gasteiger partial charge in [0.1, 0.15) is 12.7 Å². The molecule has 8 heteroatoms. The van der Waals surface area contributed by atoms with E-state index in [0.717, 1.165) is 37.2 Å². The maximum Gasteiger partial charge on any atom is 0.276 e. The van der Waals surface area contributed by atoms with Crippen molar-refractivity contribution in [1.82, 2.24) is 29.9 Å². The zero-order valence-electron chi connectivity index (χ0n) is 14.4. The molecule has 0 aliphatic carbocycles. The Bertz CT molecular complexity index is 848. The molecule has 1 amide bonds. The number of carbonyl (C=O) groups excluding carboxylic acids is 1.